The van der Waals surface area contributed by atoms with Crippen LogP contribution in [0.2, 0.25) is 0 Å². The summed E-state index contributed by atoms with van der Waals surface area (Å²) >= 11 is 0. The minimum atomic E-state index is -0.142. The Balaban J connectivity index is 1.53. The number of hydrogen-bond acceptors (Lipinski definition) is 2. The highest BCUT2D eigenvalue weighted by Gasteiger charge is 2.40. The van der Waals surface area contributed by atoms with Gasteiger partial charge in [-0.1, -0.05) is 43.9 Å². The fourth-order valence-corrected chi connectivity index (χ4v) is 3.82. The van der Waals surface area contributed by atoms with Crippen molar-refractivity contribution in [3.05, 3.63) is 29.8 Å². The molecular weight excluding hydrogens is 246 g/mol. The van der Waals surface area contributed by atoms with Gasteiger partial charge < -0.3 is 10.1 Å². The summed E-state index contributed by atoms with van der Waals surface area (Å²) in [6, 6.07) is 8.76. The molecule has 0 radical (unpaired) electrons. The Kier molecular flexibility index (Phi) is 4.02. The summed E-state index contributed by atoms with van der Waals surface area (Å²) in [7, 11) is 0. The molecule has 1 aromatic carbocycles. The zero-order valence-corrected chi connectivity index (χ0v) is 12.8. The molecule has 0 bridgehead atoms. The highest BCUT2D eigenvalue weighted by molar-refractivity contribution is 5.42. The van der Waals surface area contributed by atoms with Gasteiger partial charge in [-0.15, -0.1) is 0 Å². The molecule has 110 valence electrons. The van der Waals surface area contributed by atoms with Gasteiger partial charge in [-0.05, 0) is 45.2 Å². The predicted molar refractivity (Wildman–Crippen MR) is 83.1 cm³/mol. The summed E-state index contributed by atoms with van der Waals surface area (Å²) in [5.74, 6) is 2.04. The fraction of sp³-hybridized carbons (Fsp3) is 0.667. The van der Waals surface area contributed by atoms with E-state index in [0.717, 1.165) is 18.2 Å². The molecule has 1 unspecified atom stereocenters. The van der Waals surface area contributed by atoms with E-state index >= 15 is 0 Å². The van der Waals surface area contributed by atoms with Gasteiger partial charge in [0, 0.05) is 5.56 Å². The molecule has 20 heavy (non-hydrogen) atoms. The van der Waals surface area contributed by atoms with E-state index in [1.54, 1.807) is 0 Å². The third kappa shape index (κ3) is 2.85. The molecule has 0 aromatic heterocycles. The van der Waals surface area contributed by atoms with Crippen LogP contribution in [0.1, 0.15) is 64.0 Å². The quantitative estimate of drug-likeness (QED) is 0.800. The molecule has 1 aliphatic carbocycles. The number of ether oxygens (including phenoxy) is 1. The standard InChI is InChI=1S/C18H27NO/c1-18(2)17(15-11-5-6-12-16(15)20-18)19-13-7-10-14-8-3-4-9-14/h5-6,11-12,14,17,19H,3-4,7-10,13H2,1-2H3. The zero-order valence-electron chi connectivity index (χ0n) is 12.8. The van der Waals surface area contributed by atoms with Crippen LogP contribution in [0.4, 0.5) is 0 Å². The lowest BCUT2D eigenvalue weighted by atomic mass is 9.94. The third-order valence-corrected chi connectivity index (χ3v) is 4.91. The van der Waals surface area contributed by atoms with Crippen molar-refractivity contribution >= 4 is 0 Å². The average molecular weight is 273 g/mol. The molecule has 1 N–H and O–H groups in total. The van der Waals surface area contributed by atoms with Crippen molar-refractivity contribution in [2.24, 2.45) is 5.92 Å². The molecule has 1 saturated carbocycles. The van der Waals surface area contributed by atoms with Crippen LogP contribution in [0.15, 0.2) is 24.3 Å². The second-order valence-corrected chi connectivity index (χ2v) is 6.92. The minimum Gasteiger partial charge on any atom is -0.486 e. The van der Waals surface area contributed by atoms with Crippen molar-refractivity contribution in [3.8, 4) is 5.75 Å². The molecule has 0 saturated heterocycles. The molecule has 0 amide bonds. The minimum absolute atomic E-state index is 0.142. The van der Waals surface area contributed by atoms with Gasteiger partial charge in [0.2, 0.25) is 0 Å². The van der Waals surface area contributed by atoms with Crippen LogP contribution in [-0.4, -0.2) is 12.1 Å². The van der Waals surface area contributed by atoms with E-state index < -0.39 is 0 Å². The number of rotatable bonds is 5. The van der Waals surface area contributed by atoms with E-state index in [1.165, 1.54) is 44.1 Å². The predicted octanol–water partition coefficient (Wildman–Crippen LogP) is 4.46. The first-order chi connectivity index (χ1) is 9.67. The van der Waals surface area contributed by atoms with E-state index in [2.05, 4.69) is 43.4 Å². The zero-order chi connectivity index (χ0) is 14.0. The summed E-state index contributed by atoms with van der Waals surface area (Å²) in [5.41, 5.74) is 1.18. The van der Waals surface area contributed by atoms with Gasteiger partial charge in [-0.25, -0.2) is 0 Å². The lowest BCUT2D eigenvalue weighted by molar-refractivity contribution is 0.0962. The van der Waals surface area contributed by atoms with Crippen molar-refractivity contribution in [2.75, 3.05) is 6.54 Å². The summed E-state index contributed by atoms with van der Waals surface area (Å²) in [4.78, 5) is 0. The lowest BCUT2D eigenvalue weighted by Crippen LogP contribution is -2.39. The Morgan fingerprint density at radius 2 is 1.95 bits per heavy atom. The molecule has 1 aliphatic heterocycles. The summed E-state index contributed by atoms with van der Waals surface area (Å²) < 4.78 is 6.07. The first-order valence-electron chi connectivity index (χ1n) is 8.18. The van der Waals surface area contributed by atoms with Crippen LogP contribution in [-0.2, 0) is 0 Å². The number of benzene rings is 1. The average Bonchev–Trinajstić information content (AvgIpc) is 3.00. The Morgan fingerprint density at radius 3 is 2.75 bits per heavy atom. The van der Waals surface area contributed by atoms with Gasteiger partial charge in [0.1, 0.15) is 11.4 Å². The van der Waals surface area contributed by atoms with E-state index in [0.29, 0.717) is 6.04 Å². The molecule has 2 heteroatoms. The van der Waals surface area contributed by atoms with Crippen LogP contribution in [0.3, 0.4) is 0 Å². The van der Waals surface area contributed by atoms with Crippen molar-refractivity contribution in [1.29, 1.82) is 0 Å². The normalized spacial score (nSPS) is 24.6. The van der Waals surface area contributed by atoms with Crippen LogP contribution in [0, 0.1) is 5.92 Å². The molecule has 1 atom stereocenters. The second-order valence-electron chi connectivity index (χ2n) is 6.92. The lowest BCUT2D eigenvalue weighted by Gasteiger charge is -2.27. The van der Waals surface area contributed by atoms with Crippen molar-refractivity contribution in [1.82, 2.24) is 5.32 Å². The molecular formula is C18H27NO. The van der Waals surface area contributed by atoms with Crippen LogP contribution >= 0.6 is 0 Å². The van der Waals surface area contributed by atoms with Crippen molar-refractivity contribution in [3.63, 3.8) is 0 Å². The Labute approximate surface area is 122 Å². The molecule has 1 heterocycles. The van der Waals surface area contributed by atoms with Crippen LogP contribution in [0.5, 0.6) is 5.75 Å². The molecule has 2 nitrogen and oxygen atoms in total. The van der Waals surface area contributed by atoms with Gasteiger partial charge in [-0.3, -0.25) is 0 Å². The highest BCUT2D eigenvalue weighted by atomic mass is 16.5. The monoisotopic (exact) mass is 273 g/mol. The maximum absolute atomic E-state index is 6.07. The highest BCUT2D eigenvalue weighted by Crippen LogP contribution is 2.42. The maximum atomic E-state index is 6.07. The molecule has 3 rings (SSSR count). The van der Waals surface area contributed by atoms with Gasteiger partial charge in [0.25, 0.3) is 0 Å². The van der Waals surface area contributed by atoms with Crippen molar-refractivity contribution in [2.45, 2.75) is 64.0 Å². The molecule has 2 aliphatic rings. The topological polar surface area (TPSA) is 21.3 Å². The third-order valence-electron chi connectivity index (χ3n) is 4.91. The van der Waals surface area contributed by atoms with Crippen LogP contribution < -0.4 is 10.1 Å². The number of hydrogen-bond donors (Lipinski definition) is 1. The van der Waals surface area contributed by atoms with Gasteiger partial charge in [0.15, 0.2) is 0 Å². The van der Waals surface area contributed by atoms with E-state index in [4.69, 9.17) is 4.74 Å². The largest absolute Gasteiger partial charge is 0.486 e. The summed E-state index contributed by atoms with van der Waals surface area (Å²) in [6.07, 6.45) is 8.51. The van der Waals surface area contributed by atoms with E-state index in [-0.39, 0.29) is 5.60 Å². The molecule has 1 aromatic rings. The second kappa shape index (κ2) is 5.77. The first-order valence-corrected chi connectivity index (χ1v) is 8.18. The van der Waals surface area contributed by atoms with Crippen molar-refractivity contribution < 1.29 is 4.74 Å². The van der Waals surface area contributed by atoms with E-state index in [1.807, 2.05) is 0 Å². The Morgan fingerprint density at radius 1 is 1.20 bits per heavy atom. The van der Waals surface area contributed by atoms with Gasteiger partial charge in [0.05, 0.1) is 6.04 Å². The fourth-order valence-electron chi connectivity index (χ4n) is 3.82. The summed E-state index contributed by atoms with van der Waals surface area (Å²) in [5, 5.41) is 3.73. The van der Waals surface area contributed by atoms with Gasteiger partial charge >= 0.3 is 0 Å². The Hall–Kier alpha value is -1.02. The number of fused-ring (bicyclic) bond motifs is 1. The molecule has 1 fully saturated rings. The number of para-hydroxylation sites is 1. The number of nitrogens with one attached hydrogen (secondary N) is 1. The van der Waals surface area contributed by atoms with E-state index in [9.17, 15) is 0 Å². The summed E-state index contributed by atoms with van der Waals surface area (Å²) in [6.45, 7) is 5.46. The SMILES string of the molecule is CC1(C)Oc2ccccc2C1NCCCC1CCCC1. The smallest absolute Gasteiger partial charge is 0.125 e. The Bertz CT molecular complexity index is 448. The maximum Gasteiger partial charge on any atom is 0.125 e. The van der Waals surface area contributed by atoms with Crippen LogP contribution in [0.25, 0.3) is 0 Å². The molecule has 0 spiro atoms. The first kappa shape index (κ1) is 13.9. The van der Waals surface area contributed by atoms with Gasteiger partial charge in [-0.2, -0.15) is 0 Å².